The minimum atomic E-state index is -1.93. The van der Waals surface area contributed by atoms with E-state index in [0.29, 0.717) is 0 Å². The second kappa shape index (κ2) is 4.07. The Labute approximate surface area is 91.7 Å². The molecule has 0 bridgehead atoms. The average Bonchev–Trinajstić information content (AvgIpc) is 2.82. The molecule has 0 amide bonds. The number of carbonyl (C=O) groups excluding carboxylic acids is 2. The van der Waals surface area contributed by atoms with Gasteiger partial charge in [0.25, 0.3) is 0 Å². The number of hydrogen-bond donors (Lipinski definition) is 2. The van der Waals surface area contributed by atoms with Gasteiger partial charge in [-0.05, 0) is 13.8 Å². The van der Waals surface area contributed by atoms with Gasteiger partial charge < -0.3 is 10.2 Å². The van der Waals surface area contributed by atoms with E-state index in [-0.39, 0.29) is 23.1 Å². The molecule has 16 heavy (non-hydrogen) atoms. The standard InChI is InChI=1S/C10H12O6/c1-5(2)8(11)15-16-9(12)6(3)7-4-10(7,13)14/h13-14H,1,4H2,2-3H3/b7-6+. The summed E-state index contributed by atoms with van der Waals surface area (Å²) >= 11 is 0. The summed E-state index contributed by atoms with van der Waals surface area (Å²) in [6.07, 6.45) is -0.0115. The van der Waals surface area contributed by atoms with Crippen LogP contribution in [0.5, 0.6) is 0 Å². The lowest BCUT2D eigenvalue weighted by Gasteiger charge is -2.02. The molecular weight excluding hydrogens is 216 g/mol. The zero-order valence-corrected chi connectivity index (χ0v) is 8.94. The van der Waals surface area contributed by atoms with E-state index in [2.05, 4.69) is 16.4 Å². The molecule has 0 unspecified atom stereocenters. The SMILES string of the molecule is C=C(C)C(=O)OOC(=O)/C(C)=C1\CC1(O)O. The van der Waals surface area contributed by atoms with Crippen molar-refractivity contribution in [3.05, 3.63) is 23.3 Å². The maximum atomic E-state index is 11.2. The maximum Gasteiger partial charge on any atom is 0.382 e. The fourth-order valence-corrected chi connectivity index (χ4v) is 0.968. The maximum absolute atomic E-state index is 11.2. The largest absolute Gasteiger partial charge is 0.382 e. The van der Waals surface area contributed by atoms with Crippen LogP contribution in [0.3, 0.4) is 0 Å². The van der Waals surface area contributed by atoms with Gasteiger partial charge in [-0.3, -0.25) is 0 Å². The normalized spacial score (nSPS) is 19.8. The molecule has 1 rings (SSSR count). The van der Waals surface area contributed by atoms with Crippen LogP contribution in [0.15, 0.2) is 23.3 Å². The van der Waals surface area contributed by atoms with Gasteiger partial charge in [0.15, 0.2) is 5.79 Å². The first-order valence-electron chi connectivity index (χ1n) is 4.49. The Morgan fingerprint density at radius 1 is 1.25 bits per heavy atom. The van der Waals surface area contributed by atoms with Crippen molar-refractivity contribution in [3.63, 3.8) is 0 Å². The molecule has 2 N–H and O–H groups in total. The van der Waals surface area contributed by atoms with Crippen LogP contribution >= 0.6 is 0 Å². The summed E-state index contributed by atoms with van der Waals surface area (Å²) in [5, 5.41) is 18.1. The summed E-state index contributed by atoms with van der Waals surface area (Å²) in [4.78, 5) is 30.4. The van der Waals surface area contributed by atoms with Gasteiger partial charge >= 0.3 is 11.9 Å². The van der Waals surface area contributed by atoms with E-state index in [4.69, 9.17) is 10.2 Å². The van der Waals surface area contributed by atoms with Crippen LogP contribution < -0.4 is 0 Å². The van der Waals surface area contributed by atoms with Crippen molar-refractivity contribution in [3.8, 4) is 0 Å². The van der Waals surface area contributed by atoms with Crippen LogP contribution in [0, 0.1) is 0 Å². The summed E-state index contributed by atoms with van der Waals surface area (Å²) in [6, 6.07) is 0. The molecule has 0 radical (unpaired) electrons. The number of rotatable bonds is 2. The smallest absolute Gasteiger partial charge is 0.362 e. The van der Waals surface area contributed by atoms with Gasteiger partial charge in [-0.25, -0.2) is 19.4 Å². The Kier molecular flexibility index (Phi) is 3.16. The highest BCUT2D eigenvalue weighted by Gasteiger charge is 2.48. The molecule has 1 fully saturated rings. The Morgan fingerprint density at radius 3 is 2.06 bits per heavy atom. The molecule has 1 aliphatic carbocycles. The summed E-state index contributed by atoms with van der Waals surface area (Å²) in [6.45, 7) is 6.04. The first-order chi connectivity index (χ1) is 7.25. The van der Waals surface area contributed by atoms with Crippen LogP contribution in [0.2, 0.25) is 0 Å². The van der Waals surface area contributed by atoms with Gasteiger partial charge in [-0.1, -0.05) is 6.58 Å². The topological polar surface area (TPSA) is 93.1 Å². The van der Waals surface area contributed by atoms with Crippen LogP contribution in [0.25, 0.3) is 0 Å². The lowest BCUT2D eigenvalue weighted by molar-refractivity contribution is -0.252. The molecule has 0 spiro atoms. The lowest BCUT2D eigenvalue weighted by atomic mass is 10.3. The molecule has 1 saturated carbocycles. The monoisotopic (exact) mass is 228 g/mol. The van der Waals surface area contributed by atoms with Crippen molar-refractivity contribution < 1.29 is 29.6 Å². The van der Waals surface area contributed by atoms with Crippen LogP contribution in [0.1, 0.15) is 20.3 Å². The Hall–Kier alpha value is -1.66. The van der Waals surface area contributed by atoms with E-state index in [1.54, 1.807) is 0 Å². The minimum absolute atomic E-state index is 0.0115. The van der Waals surface area contributed by atoms with Gasteiger partial charge in [-0.15, -0.1) is 0 Å². The van der Waals surface area contributed by atoms with Crippen LogP contribution in [-0.2, 0) is 19.4 Å². The van der Waals surface area contributed by atoms with E-state index < -0.39 is 17.7 Å². The van der Waals surface area contributed by atoms with Crippen molar-refractivity contribution in [1.29, 1.82) is 0 Å². The fraction of sp³-hybridized carbons (Fsp3) is 0.400. The van der Waals surface area contributed by atoms with E-state index in [1.165, 1.54) is 13.8 Å². The zero-order chi connectivity index (χ0) is 12.5. The van der Waals surface area contributed by atoms with Gasteiger partial charge in [-0.2, -0.15) is 0 Å². The van der Waals surface area contributed by atoms with Crippen molar-refractivity contribution in [1.82, 2.24) is 0 Å². The second-order valence-electron chi connectivity index (χ2n) is 3.62. The molecule has 6 nitrogen and oxygen atoms in total. The molecule has 0 aliphatic heterocycles. The fourth-order valence-electron chi connectivity index (χ4n) is 0.968. The third kappa shape index (κ3) is 2.68. The number of aliphatic hydroxyl groups is 2. The highest BCUT2D eigenvalue weighted by atomic mass is 17.2. The molecule has 0 aromatic carbocycles. The molecule has 0 atom stereocenters. The second-order valence-corrected chi connectivity index (χ2v) is 3.62. The first kappa shape index (κ1) is 12.4. The van der Waals surface area contributed by atoms with Crippen molar-refractivity contribution in [2.24, 2.45) is 0 Å². The van der Waals surface area contributed by atoms with Crippen molar-refractivity contribution >= 4 is 11.9 Å². The predicted octanol–water partition coefficient (Wildman–Crippen LogP) is -0.0350. The zero-order valence-electron chi connectivity index (χ0n) is 8.94. The lowest BCUT2D eigenvalue weighted by Crippen LogP contribution is -2.14. The molecule has 0 aromatic heterocycles. The summed E-state index contributed by atoms with van der Waals surface area (Å²) < 4.78 is 0. The average molecular weight is 228 g/mol. The van der Waals surface area contributed by atoms with Crippen LogP contribution in [0.4, 0.5) is 0 Å². The van der Waals surface area contributed by atoms with Crippen LogP contribution in [-0.4, -0.2) is 27.9 Å². The first-order valence-corrected chi connectivity index (χ1v) is 4.49. The van der Waals surface area contributed by atoms with Crippen molar-refractivity contribution in [2.45, 2.75) is 26.1 Å². The van der Waals surface area contributed by atoms with E-state index >= 15 is 0 Å². The summed E-state index contributed by atoms with van der Waals surface area (Å²) in [5.74, 6) is -3.72. The molecule has 6 heteroatoms. The van der Waals surface area contributed by atoms with E-state index in [9.17, 15) is 9.59 Å². The highest BCUT2D eigenvalue weighted by molar-refractivity contribution is 5.91. The molecule has 88 valence electrons. The van der Waals surface area contributed by atoms with E-state index in [0.717, 1.165) is 0 Å². The predicted molar refractivity (Wildman–Crippen MR) is 51.5 cm³/mol. The number of hydrogen-bond acceptors (Lipinski definition) is 6. The molecule has 0 heterocycles. The Bertz CT molecular complexity index is 390. The van der Waals surface area contributed by atoms with Crippen molar-refractivity contribution in [2.75, 3.05) is 0 Å². The Morgan fingerprint density at radius 2 is 1.69 bits per heavy atom. The summed E-state index contributed by atoms with van der Waals surface area (Å²) in [7, 11) is 0. The van der Waals surface area contributed by atoms with Gasteiger partial charge in [0, 0.05) is 23.1 Å². The van der Waals surface area contributed by atoms with Gasteiger partial charge in [0.2, 0.25) is 0 Å². The molecular formula is C10H12O6. The minimum Gasteiger partial charge on any atom is -0.362 e. The third-order valence-electron chi connectivity index (χ3n) is 2.08. The van der Waals surface area contributed by atoms with Gasteiger partial charge in [0.1, 0.15) is 0 Å². The Balaban J connectivity index is 2.52. The van der Waals surface area contributed by atoms with E-state index in [1.807, 2.05) is 0 Å². The third-order valence-corrected chi connectivity index (χ3v) is 2.08. The number of carbonyl (C=O) groups is 2. The molecule has 0 saturated heterocycles. The van der Waals surface area contributed by atoms with Gasteiger partial charge in [0.05, 0.1) is 0 Å². The quantitative estimate of drug-likeness (QED) is 0.298. The highest BCUT2D eigenvalue weighted by Crippen LogP contribution is 2.42. The molecule has 1 aliphatic rings. The summed E-state index contributed by atoms with van der Waals surface area (Å²) in [5.41, 5.74) is 0.256. The molecule has 0 aromatic rings.